The van der Waals surface area contributed by atoms with Gasteiger partial charge >= 0.3 is 0 Å². The topological polar surface area (TPSA) is 29.3 Å². The van der Waals surface area contributed by atoms with E-state index in [1.807, 2.05) is 0 Å². The minimum absolute atomic E-state index is 0.357. The van der Waals surface area contributed by atoms with E-state index in [2.05, 4.69) is 11.8 Å². The fraction of sp³-hybridized carbons (Fsp3) is 1.00. The lowest BCUT2D eigenvalue weighted by Gasteiger charge is -2.44. The van der Waals surface area contributed by atoms with E-state index in [1.165, 1.54) is 64.3 Å². The van der Waals surface area contributed by atoms with Crippen molar-refractivity contribution in [1.82, 2.24) is 4.90 Å². The molecule has 2 aliphatic rings. The van der Waals surface area contributed by atoms with Gasteiger partial charge in [-0.1, -0.05) is 39.0 Å². The van der Waals surface area contributed by atoms with E-state index in [-0.39, 0.29) is 0 Å². The second kappa shape index (κ2) is 5.50. The third-order valence-electron chi connectivity index (χ3n) is 4.60. The van der Waals surface area contributed by atoms with Gasteiger partial charge in [0.1, 0.15) is 0 Å². The number of nitrogens with zero attached hydrogens (tertiary/aromatic N) is 1. The van der Waals surface area contributed by atoms with Gasteiger partial charge < -0.3 is 5.73 Å². The summed E-state index contributed by atoms with van der Waals surface area (Å²) in [6.45, 7) is 4.38. The second-order valence-corrected chi connectivity index (χ2v) is 5.71. The molecule has 0 aromatic carbocycles. The van der Waals surface area contributed by atoms with Gasteiger partial charge in [-0.05, 0) is 32.2 Å². The smallest absolute Gasteiger partial charge is 0.0334 e. The molecule has 0 bridgehead atoms. The van der Waals surface area contributed by atoms with Crippen molar-refractivity contribution in [2.45, 2.75) is 76.3 Å². The van der Waals surface area contributed by atoms with Gasteiger partial charge in [0.25, 0.3) is 0 Å². The maximum atomic E-state index is 6.16. The molecule has 0 aromatic rings. The van der Waals surface area contributed by atoms with Crippen molar-refractivity contribution < 1.29 is 0 Å². The summed E-state index contributed by atoms with van der Waals surface area (Å²) in [5, 5.41) is 0. The molecule has 2 N–H and O–H groups in total. The van der Waals surface area contributed by atoms with Gasteiger partial charge in [-0.15, -0.1) is 0 Å². The molecule has 0 heterocycles. The second-order valence-electron chi connectivity index (χ2n) is 5.71. The third kappa shape index (κ3) is 2.60. The quantitative estimate of drug-likeness (QED) is 0.795. The summed E-state index contributed by atoms with van der Waals surface area (Å²) < 4.78 is 0. The summed E-state index contributed by atoms with van der Waals surface area (Å²) in [5.41, 5.74) is 6.52. The predicted octanol–water partition coefficient (Wildman–Crippen LogP) is 2.91. The van der Waals surface area contributed by atoms with Crippen LogP contribution >= 0.6 is 0 Å². The Bertz CT molecular complexity index is 203. The zero-order chi connectivity index (χ0) is 11.4. The van der Waals surface area contributed by atoms with E-state index in [9.17, 15) is 0 Å². The normalized spacial score (nSPS) is 26.4. The highest BCUT2D eigenvalue weighted by atomic mass is 15.3. The summed E-state index contributed by atoms with van der Waals surface area (Å²) in [4.78, 5) is 2.75. The van der Waals surface area contributed by atoms with Crippen LogP contribution in [0.1, 0.15) is 64.7 Å². The Kier molecular flexibility index (Phi) is 4.26. The van der Waals surface area contributed by atoms with Gasteiger partial charge in [0.05, 0.1) is 0 Å². The number of nitrogens with two attached hydrogens (primary N) is 1. The minimum atomic E-state index is 0.357. The van der Waals surface area contributed by atoms with Crippen LogP contribution in [0.2, 0.25) is 0 Å². The molecule has 0 aliphatic heterocycles. The fourth-order valence-corrected chi connectivity index (χ4v) is 3.54. The molecule has 0 radical (unpaired) electrons. The highest BCUT2D eigenvalue weighted by Crippen LogP contribution is 2.38. The largest absolute Gasteiger partial charge is 0.329 e. The first-order valence-corrected chi connectivity index (χ1v) is 7.29. The molecule has 2 nitrogen and oxygen atoms in total. The van der Waals surface area contributed by atoms with Crippen molar-refractivity contribution in [3.63, 3.8) is 0 Å². The minimum Gasteiger partial charge on any atom is -0.329 e. The Morgan fingerprint density at radius 3 is 2.06 bits per heavy atom. The van der Waals surface area contributed by atoms with Crippen molar-refractivity contribution >= 4 is 0 Å². The molecular formula is C14H28N2. The highest BCUT2D eigenvalue weighted by Gasteiger charge is 2.41. The maximum Gasteiger partial charge on any atom is 0.0334 e. The highest BCUT2D eigenvalue weighted by molar-refractivity contribution is 4.99. The summed E-state index contributed by atoms with van der Waals surface area (Å²) in [7, 11) is 0. The van der Waals surface area contributed by atoms with E-state index >= 15 is 0 Å². The summed E-state index contributed by atoms with van der Waals surface area (Å²) in [6, 6.07) is 0.868. The van der Waals surface area contributed by atoms with E-state index in [0.717, 1.165) is 12.6 Å². The van der Waals surface area contributed by atoms with Gasteiger partial charge in [-0.25, -0.2) is 0 Å². The van der Waals surface area contributed by atoms with Crippen LogP contribution in [-0.4, -0.2) is 29.6 Å². The zero-order valence-electron chi connectivity index (χ0n) is 10.9. The molecule has 0 amide bonds. The molecule has 2 aliphatic carbocycles. The lowest BCUT2D eigenvalue weighted by molar-refractivity contribution is 0.0639. The standard InChI is InChI=1S/C14H28N2/c1-2-16(13-8-9-13)14(12-15)10-6-4-3-5-7-11-14/h13H,2-12,15H2,1H3. The molecule has 0 saturated heterocycles. The summed E-state index contributed by atoms with van der Waals surface area (Å²) >= 11 is 0. The molecule has 2 fully saturated rings. The van der Waals surface area contributed by atoms with E-state index in [0.29, 0.717) is 5.54 Å². The van der Waals surface area contributed by atoms with Crippen molar-refractivity contribution in [1.29, 1.82) is 0 Å². The lowest BCUT2D eigenvalue weighted by Crippen LogP contribution is -2.55. The Labute approximate surface area is 101 Å². The van der Waals surface area contributed by atoms with Crippen LogP contribution in [0.15, 0.2) is 0 Å². The molecule has 0 atom stereocenters. The van der Waals surface area contributed by atoms with Crippen molar-refractivity contribution in [2.75, 3.05) is 13.1 Å². The molecule has 0 unspecified atom stereocenters. The number of hydrogen-bond donors (Lipinski definition) is 1. The molecule has 2 saturated carbocycles. The SMILES string of the molecule is CCN(C1CC1)C1(CN)CCCCCCC1. The van der Waals surface area contributed by atoms with Crippen LogP contribution in [0.5, 0.6) is 0 Å². The molecule has 16 heavy (non-hydrogen) atoms. The molecule has 0 aromatic heterocycles. The Morgan fingerprint density at radius 1 is 1.06 bits per heavy atom. The summed E-state index contributed by atoms with van der Waals surface area (Å²) in [6.07, 6.45) is 12.6. The molecule has 0 spiro atoms. The monoisotopic (exact) mass is 224 g/mol. The average molecular weight is 224 g/mol. The first kappa shape index (κ1) is 12.4. The van der Waals surface area contributed by atoms with E-state index < -0.39 is 0 Å². The van der Waals surface area contributed by atoms with Crippen LogP contribution in [-0.2, 0) is 0 Å². The Balaban J connectivity index is 2.06. The maximum absolute atomic E-state index is 6.16. The number of likely N-dealkylation sites (N-methyl/N-ethyl adjacent to an activating group) is 1. The van der Waals surface area contributed by atoms with Crippen LogP contribution in [0.25, 0.3) is 0 Å². The first-order valence-electron chi connectivity index (χ1n) is 7.29. The first-order chi connectivity index (χ1) is 7.82. The predicted molar refractivity (Wildman–Crippen MR) is 69.5 cm³/mol. The fourth-order valence-electron chi connectivity index (χ4n) is 3.54. The molecule has 2 heteroatoms. The van der Waals surface area contributed by atoms with Crippen LogP contribution in [0.4, 0.5) is 0 Å². The van der Waals surface area contributed by atoms with Crippen LogP contribution < -0.4 is 5.73 Å². The van der Waals surface area contributed by atoms with E-state index in [4.69, 9.17) is 5.73 Å². The lowest BCUT2D eigenvalue weighted by atomic mass is 9.82. The number of hydrogen-bond acceptors (Lipinski definition) is 2. The van der Waals surface area contributed by atoms with E-state index in [1.54, 1.807) is 0 Å². The summed E-state index contributed by atoms with van der Waals surface area (Å²) in [5.74, 6) is 0. The zero-order valence-corrected chi connectivity index (χ0v) is 10.9. The molecule has 2 rings (SSSR count). The Hall–Kier alpha value is -0.0800. The molecular weight excluding hydrogens is 196 g/mol. The van der Waals surface area contributed by atoms with Crippen LogP contribution in [0, 0.1) is 0 Å². The number of rotatable bonds is 4. The van der Waals surface area contributed by atoms with Gasteiger partial charge in [-0.3, -0.25) is 4.90 Å². The van der Waals surface area contributed by atoms with Crippen molar-refractivity contribution in [3.8, 4) is 0 Å². The van der Waals surface area contributed by atoms with Gasteiger partial charge in [0, 0.05) is 18.1 Å². The van der Waals surface area contributed by atoms with Crippen molar-refractivity contribution in [3.05, 3.63) is 0 Å². The Morgan fingerprint density at radius 2 is 1.62 bits per heavy atom. The van der Waals surface area contributed by atoms with Gasteiger partial charge in [0.2, 0.25) is 0 Å². The van der Waals surface area contributed by atoms with Crippen LogP contribution in [0.3, 0.4) is 0 Å². The third-order valence-corrected chi connectivity index (χ3v) is 4.60. The average Bonchev–Trinajstić information content (AvgIpc) is 3.06. The van der Waals surface area contributed by atoms with Gasteiger partial charge in [-0.2, -0.15) is 0 Å². The van der Waals surface area contributed by atoms with Gasteiger partial charge in [0.15, 0.2) is 0 Å². The molecule has 94 valence electrons. The van der Waals surface area contributed by atoms with Crippen molar-refractivity contribution in [2.24, 2.45) is 5.73 Å².